The molecule has 76 valence electrons. The number of carbonyl (C=O) groups is 2. The number of nitrogens with two attached hydrogens (primary N) is 1. The molecule has 0 bridgehead atoms. The van der Waals surface area contributed by atoms with Gasteiger partial charge in [0.15, 0.2) is 0 Å². The molecule has 0 fully saturated rings. The van der Waals surface area contributed by atoms with E-state index in [0.717, 1.165) is 0 Å². The van der Waals surface area contributed by atoms with Gasteiger partial charge in [0.1, 0.15) is 6.04 Å². The molecular formula is C7H15N3O3. The van der Waals surface area contributed by atoms with E-state index < -0.39 is 12.1 Å². The van der Waals surface area contributed by atoms with Crippen LogP contribution in [0.3, 0.4) is 0 Å². The van der Waals surface area contributed by atoms with Crippen molar-refractivity contribution in [2.45, 2.75) is 18.9 Å². The molecule has 1 atom stereocenters. The first-order valence-corrected chi connectivity index (χ1v) is 4.03. The molecule has 13 heavy (non-hydrogen) atoms. The molecule has 0 aliphatic carbocycles. The summed E-state index contributed by atoms with van der Waals surface area (Å²) in [6.07, 6.45) is -0.175. The fraction of sp³-hybridized carbons (Fsp3) is 0.714. The van der Waals surface area contributed by atoms with Crippen LogP contribution in [0.1, 0.15) is 12.8 Å². The van der Waals surface area contributed by atoms with Gasteiger partial charge in [0.05, 0.1) is 0 Å². The monoisotopic (exact) mass is 189 g/mol. The Bertz CT molecular complexity index is 184. The van der Waals surface area contributed by atoms with Crippen molar-refractivity contribution in [3.8, 4) is 0 Å². The first-order chi connectivity index (χ1) is 6.11. The van der Waals surface area contributed by atoms with Gasteiger partial charge in [-0.15, -0.1) is 0 Å². The molecule has 0 spiro atoms. The molecular weight excluding hydrogens is 174 g/mol. The molecule has 0 aliphatic rings. The van der Waals surface area contributed by atoms with Crippen LogP contribution in [0.4, 0.5) is 4.79 Å². The topological polar surface area (TPSA) is 104 Å². The third-order valence-corrected chi connectivity index (χ3v) is 1.56. The molecule has 5 N–H and O–H groups in total. The van der Waals surface area contributed by atoms with Crippen LogP contribution in [0.5, 0.6) is 0 Å². The Hall–Kier alpha value is -1.30. The van der Waals surface area contributed by atoms with Crippen LogP contribution in [-0.2, 0) is 4.79 Å². The second kappa shape index (κ2) is 6.24. The molecule has 6 heteroatoms. The average Bonchev–Trinajstić information content (AvgIpc) is 2.10. The third kappa shape index (κ3) is 5.02. The van der Waals surface area contributed by atoms with Crippen molar-refractivity contribution in [2.24, 2.45) is 5.73 Å². The standard InChI is InChI=1S/C7H15N3O3/c1-9-6(11)5(3-2-4-8)10-7(12)13/h5,10H,2-4,8H2,1H3,(H,9,11)(H,12,13). The van der Waals surface area contributed by atoms with Crippen LogP contribution in [0.2, 0.25) is 0 Å². The Kier molecular flexibility index (Phi) is 5.62. The first kappa shape index (κ1) is 11.7. The van der Waals surface area contributed by atoms with Crippen LogP contribution in [-0.4, -0.2) is 36.7 Å². The van der Waals surface area contributed by atoms with Crippen molar-refractivity contribution >= 4 is 12.0 Å². The zero-order chi connectivity index (χ0) is 10.3. The van der Waals surface area contributed by atoms with Gasteiger partial charge in [-0.3, -0.25) is 4.79 Å². The second-order valence-electron chi connectivity index (χ2n) is 2.55. The van der Waals surface area contributed by atoms with Crippen LogP contribution in [0.15, 0.2) is 0 Å². The number of carboxylic acid groups (broad SMARTS) is 1. The van der Waals surface area contributed by atoms with Crippen molar-refractivity contribution in [2.75, 3.05) is 13.6 Å². The Morgan fingerprint density at radius 1 is 1.54 bits per heavy atom. The average molecular weight is 189 g/mol. The zero-order valence-corrected chi connectivity index (χ0v) is 7.54. The van der Waals surface area contributed by atoms with Crippen LogP contribution < -0.4 is 16.4 Å². The Morgan fingerprint density at radius 3 is 2.54 bits per heavy atom. The van der Waals surface area contributed by atoms with Gasteiger partial charge in [0.25, 0.3) is 0 Å². The predicted octanol–water partition coefficient (Wildman–Crippen LogP) is -0.892. The van der Waals surface area contributed by atoms with Gasteiger partial charge in [-0.05, 0) is 19.4 Å². The largest absolute Gasteiger partial charge is 0.465 e. The van der Waals surface area contributed by atoms with Crippen LogP contribution in [0, 0.1) is 0 Å². The summed E-state index contributed by atoms with van der Waals surface area (Å²) in [6.45, 7) is 0.439. The highest BCUT2D eigenvalue weighted by molar-refractivity contribution is 5.84. The second-order valence-corrected chi connectivity index (χ2v) is 2.55. The molecule has 0 saturated heterocycles. The van der Waals surface area contributed by atoms with E-state index in [9.17, 15) is 9.59 Å². The van der Waals surface area contributed by atoms with Gasteiger partial charge < -0.3 is 21.5 Å². The fourth-order valence-corrected chi connectivity index (χ4v) is 0.914. The molecule has 0 rings (SSSR count). The first-order valence-electron chi connectivity index (χ1n) is 4.03. The maximum atomic E-state index is 11.1. The van der Waals surface area contributed by atoms with Crippen LogP contribution >= 0.6 is 0 Å². The molecule has 6 nitrogen and oxygen atoms in total. The molecule has 1 unspecified atom stereocenters. The molecule has 2 amide bonds. The summed E-state index contributed by atoms with van der Waals surface area (Å²) in [5, 5.41) is 12.9. The number of likely N-dealkylation sites (N-methyl/N-ethyl adjacent to an activating group) is 1. The summed E-state index contributed by atoms with van der Waals surface area (Å²) >= 11 is 0. The number of rotatable bonds is 5. The molecule has 0 aromatic carbocycles. The summed E-state index contributed by atoms with van der Waals surface area (Å²) < 4.78 is 0. The normalized spacial score (nSPS) is 11.8. The number of amides is 2. The SMILES string of the molecule is CNC(=O)C(CCCN)NC(=O)O. The lowest BCUT2D eigenvalue weighted by molar-refractivity contribution is -0.122. The molecule has 0 aliphatic heterocycles. The summed E-state index contributed by atoms with van der Waals surface area (Å²) in [5.41, 5.74) is 5.24. The van der Waals surface area contributed by atoms with Gasteiger partial charge in [-0.25, -0.2) is 4.79 Å². The van der Waals surface area contributed by atoms with Crippen molar-refractivity contribution in [3.63, 3.8) is 0 Å². The molecule has 0 heterocycles. The molecule has 0 aromatic rings. The Morgan fingerprint density at radius 2 is 2.15 bits per heavy atom. The van der Waals surface area contributed by atoms with Gasteiger partial charge in [0.2, 0.25) is 5.91 Å². The van der Waals surface area contributed by atoms with Gasteiger partial charge in [0, 0.05) is 7.05 Å². The maximum Gasteiger partial charge on any atom is 0.405 e. The maximum absolute atomic E-state index is 11.1. The molecule has 0 aromatic heterocycles. The van der Waals surface area contributed by atoms with E-state index in [4.69, 9.17) is 10.8 Å². The van der Waals surface area contributed by atoms with Crippen molar-refractivity contribution in [1.82, 2.24) is 10.6 Å². The predicted molar refractivity (Wildman–Crippen MR) is 47.3 cm³/mol. The third-order valence-electron chi connectivity index (χ3n) is 1.56. The van der Waals surface area contributed by atoms with E-state index in [1.165, 1.54) is 7.05 Å². The minimum atomic E-state index is -1.20. The summed E-state index contributed by atoms with van der Waals surface area (Å²) in [7, 11) is 1.46. The zero-order valence-electron chi connectivity index (χ0n) is 7.54. The highest BCUT2D eigenvalue weighted by atomic mass is 16.4. The van der Waals surface area contributed by atoms with Gasteiger partial charge in [-0.2, -0.15) is 0 Å². The van der Waals surface area contributed by atoms with E-state index in [1.807, 2.05) is 0 Å². The summed E-state index contributed by atoms with van der Waals surface area (Å²) in [4.78, 5) is 21.3. The van der Waals surface area contributed by atoms with E-state index >= 15 is 0 Å². The number of hydrogen-bond acceptors (Lipinski definition) is 3. The highest BCUT2D eigenvalue weighted by Crippen LogP contribution is 1.95. The van der Waals surface area contributed by atoms with E-state index in [-0.39, 0.29) is 5.91 Å². The van der Waals surface area contributed by atoms with Crippen molar-refractivity contribution < 1.29 is 14.7 Å². The fourth-order valence-electron chi connectivity index (χ4n) is 0.914. The van der Waals surface area contributed by atoms with Crippen molar-refractivity contribution in [1.29, 1.82) is 0 Å². The van der Waals surface area contributed by atoms with Crippen LogP contribution in [0.25, 0.3) is 0 Å². The lowest BCUT2D eigenvalue weighted by Gasteiger charge is -2.14. The molecule has 0 radical (unpaired) electrons. The van der Waals surface area contributed by atoms with Crippen molar-refractivity contribution in [3.05, 3.63) is 0 Å². The van der Waals surface area contributed by atoms with E-state index in [2.05, 4.69) is 10.6 Å². The smallest absolute Gasteiger partial charge is 0.405 e. The molecule has 0 saturated carbocycles. The van der Waals surface area contributed by atoms with Gasteiger partial charge >= 0.3 is 6.09 Å². The quantitative estimate of drug-likeness (QED) is 0.450. The summed E-state index contributed by atoms with van der Waals surface area (Å²) in [6, 6.07) is -0.703. The minimum absolute atomic E-state index is 0.337. The number of hydrogen-bond donors (Lipinski definition) is 4. The number of nitrogens with one attached hydrogen (secondary N) is 2. The van der Waals surface area contributed by atoms with Gasteiger partial charge in [-0.1, -0.05) is 0 Å². The lowest BCUT2D eigenvalue weighted by atomic mass is 10.1. The Labute approximate surface area is 76.5 Å². The Balaban J connectivity index is 4.02. The number of carbonyl (C=O) groups excluding carboxylic acids is 1. The highest BCUT2D eigenvalue weighted by Gasteiger charge is 2.17. The van der Waals surface area contributed by atoms with E-state index in [0.29, 0.717) is 19.4 Å². The minimum Gasteiger partial charge on any atom is -0.465 e. The lowest BCUT2D eigenvalue weighted by Crippen LogP contribution is -2.45. The van der Waals surface area contributed by atoms with E-state index in [1.54, 1.807) is 0 Å². The summed E-state index contributed by atoms with van der Waals surface area (Å²) in [5.74, 6) is -0.337.